The van der Waals surface area contributed by atoms with Crippen molar-refractivity contribution in [3.05, 3.63) is 0 Å². The lowest BCUT2D eigenvalue weighted by molar-refractivity contribution is -0.156. The molecule has 1 heterocycles. The van der Waals surface area contributed by atoms with Crippen LogP contribution in [0.2, 0.25) is 0 Å². The van der Waals surface area contributed by atoms with E-state index in [0.717, 1.165) is 0 Å². The molecule has 1 N–H and O–H groups in total. The topological polar surface area (TPSA) is 74.7 Å². The van der Waals surface area contributed by atoms with Gasteiger partial charge in [0.05, 0.1) is 5.92 Å². The Morgan fingerprint density at radius 1 is 1.22 bits per heavy atom. The number of carbonyl (C=O) groups excluding carboxylic acids is 2. The number of piperidine rings is 1. The minimum absolute atomic E-state index is 0.146. The lowest BCUT2D eigenvalue weighted by Gasteiger charge is -2.37. The van der Waals surface area contributed by atoms with Gasteiger partial charge in [0.25, 0.3) is 0 Å². The molecular weight excluding hydrogens is 234 g/mol. The molecule has 5 heteroatoms. The minimum atomic E-state index is -0.824. The zero-order valence-electron chi connectivity index (χ0n) is 10.8. The molecule has 1 saturated carbocycles. The van der Waals surface area contributed by atoms with Crippen LogP contribution in [0, 0.1) is 11.3 Å². The largest absolute Gasteiger partial charge is 0.481 e. The van der Waals surface area contributed by atoms with Crippen molar-refractivity contribution < 1.29 is 19.5 Å². The van der Waals surface area contributed by atoms with E-state index in [1.54, 1.807) is 0 Å². The van der Waals surface area contributed by atoms with Crippen LogP contribution < -0.4 is 0 Å². The summed E-state index contributed by atoms with van der Waals surface area (Å²) in [5.41, 5.74) is -0.268. The van der Waals surface area contributed by atoms with Gasteiger partial charge >= 0.3 is 5.97 Å². The lowest BCUT2D eigenvalue weighted by atomic mass is 9.81. The van der Waals surface area contributed by atoms with E-state index >= 15 is 0 Å². The van der Waals surface area contributed by atoms with E-state index in [4.69, 9.17) is 5.11 Å². The Kier molecular flexibility index (Phi) is 3.17. The molecule has 18 heavy (non-hydrogen) atoms. The lowest BCUT2D eigenvalue weighted by Crippen LogP contribution is -2.50. The number of likely N-dealkylation sites (tertiary alicyclic amines) is 1. The van der Waals surface area contributed by atoms with Gasteiger partial charge in [0.15, 0.2) is 0 Å². The molecule has 0 bridgehead atoms. The van der Waals surface area contributed by atoms with Crippen LogP contribution in [0.5, 0.6) is 0 Å². The molecule has 2 unspecified atom stereocenters. The van der Waals surface area contributed by atoms with E-state index in [9.17, 15) is 14.4 Å². The highest BCUT2D eigenvalue weighted by atomic mass is 16.4. The number of imide groups is 1. The van der Waals surface area contributed by atoms with Crippen LogP contribution in [-0.2, 0) is 14.4 Å². The minimum Gasteiger partial charge on any atom is -0.481 e. The summed E-state index contributed by atoms with van der Waals surface area (Å²) in [5.74, 6) is -1.53. The van der Waals surface area contributed by atoms with Gasteiger partial charge < -0.3 is 5.11 Å². The van der Waals surface area contributed by atoms with E-state index < -0.39 is 11.9 Å². The molecule has 2 amide bonds. The van der Waals surface area contributed by atoms with Crippen molar-refractivity contribution in [2.45, 2.75) is 52.0 Å². The second kappa shape index (κ2) is 4.37. The van der Waals surface area contributed by atoms with Gasteiger partial charge in [-0.25, -0.2) is 0 Å². The molecule has 5 nitrogen and oxygen atoms in total. The van der Waals surface area contributed by atoms with Crippen LogP contribution in [0.3, 0.4) is 0 Å². The fraction of sp³-hybridized carbons (Fsp3) is 0.769. The highest BCUT2D eigenvalue weighted by Gasteiger charge is 2.43. The van der Waals surface area contributed by atoms with Crippen molar-refractivity contribution in [3.63, 3.8) is 0 Å². The van der Waals surface area contributed by atoms with Gasteiger partial charge in [0.1, 0.15) is 0 Å². The van der Waals surface area contributed by atoms with Crippen molar-refractivity contribution in [3.8, 4) is 0 Å². The molecule has 2 atom stereocenters. The predicted octanol–water partition coefficient (Wildman–Crippen LogP) is 1.41. The second-order valence-electron chi connectivity index (χ2n) is 6.18. The fourth-order valence-corrected chi connectivity index (χ4v) is 3.01. The van der Waals surface area contributed by atoms with E-state index in [-0.39, 0.29) is 23.3 Å². The predicted molar refractivity (Wildman–Crippen MR) is 63.6 cm³/mol. The molecule has 2 fully saturated rings. The van der Waals surface area contributed by atoms with Gasteiger partial charge in [-0.2, -0.15) is 0 Å². The van der Waals surface area contributed by atoms with Crippen molar-refractivity contribution in [2.24, 2.45) is 11.3 Å². The summed E-state index contributed by atoms with van der Waals surface area (Å²) in [5, 5.41) is 8.96. The summed E-state index contributed by atoms with van der Waals surface area (Å²) < 4.78 is 0. The first kappa shape index (κ1) is 13.1. The Hall–Kier alpha value is -1.39. The molecule has 2 rings (SSSR count). The zero-order valence-corrected chi connectivity index (χ0v) is 10.8. The Morgan fingerprint density at radius 2 is 1.78 bits per heavy atom. The first-order valence-electron chi connectivity index (χ1n) is 6.38. The fourth-order valence-electron chi connectivity index (χ4n) is 3.01. The van der Waals surface area contributed by atoms with Gasteiger partial charge in [-0.3, -0.25) is 19.3 Å². The van der Waals surface area contributed by atoms with E-state index in [1.165, 1.54) is 4.90 Å². The number of nitrogens with zero attached hydrogens (tertiary/aromatic N) is 1. The number of rotatable bonds is 2. The summed E-state index contributed by atoms with van der Waals surface area (Å²) in [6.07, 6.45) is 2.32. The molecule has 0 radical (unpaired) electrons. The molecule has 0 aromatic heterocycles. The smallest absolute Gasteiger partial charge is 0.306 e. The molecule has 0 aromatic carbocycles. The van der Waals surface area contributed by atoms with Crippen molar-refractivity contribution in [1.29, 1.82) is 0 Å². The Bertz CT molecular complexity index is 382. The van der Waals surface area contributed by atoms with E-state index in [1.807, 2.05) is 13.8 Å². The summed E-state index contributed by atoms with van der Waals surface area (Å²) in [6.45, 7) is 3.82. The Labute approximate surface area is 106 Å². The molecule has 100 valence electrons. The van der Waals surface area contributed by atoms with E-state index in [0.29, 0.717) is 32.1 Å². The summed E-state index contributed by atoms with van der Waals surface area (Å²) in [6, 6.07) is -0.206. The molecule has 1 saturated heterocycles. The second-order valence-corrected chi connectivity index (χ2v) is 6.18. The molecule has 0 spiro atoms. The summed E-state index contributed by atoms with van der Waals surface area (Å²) >= 11 is 0. The van der Waals surface area contributed by atoms with Crippen LogP contribution in [0.1, 0.15) is 46.0 Å². The maximum absolute atomic E-state index is 12.0. The Morgan fingerprint density at radius 3 is 2.22 bits per heavy atom. The first-order chi connectivity index (χ1) is 8.30. The third kappa shape index (κ3) is 2.40. The normalized spacial score (nSPS) is 31.8. The highest BCUT2D eigenvalue weighted by molar-refractivity contribution is 5.99. The number of aliphatic carboxylic acids is 1. The number of carboxylic acids is 1. The average Bonchev–Trinajstić information content (AvgIpc) is 2.63. The Balaban J connectivity index is 2.08. The molecule has 2 aliphatic rings. The average molecular weight is 253 g/mol. The summed E-state index contributed by atoms with van der Waals surface area (Å²) in [7, 11) is 0. The van der Waals surface area contributed by atoms with Crippen molar-refractivity contribution in [2.75, 3.05) is 0 Å². The van der Waals surface area contributed by atoms with Gasteiger partial charge in [-0.15, -0.1) is 0 Å². The van der Waals surface area contributed by atoms with Crippen LogP contribution in [0.15, 0.2) is 0 Å². The highest BCUT2D eigenvalue weighted by Crippen LogP contribution is 2.37. The number of hydrogen-bond acceptors (Lipinski definition) is 3. The summed E-state index contributed by atoms with van der Waals surface area (Å²) in [4.78, 5) is 36.3. The van der Waals surface area contributed by atoms with Gasteiger partial charge in [-0.05, 0) is 24.7 Å². The third-order valence-corrected chi connectivity index (χ3v) is 3.92. The molecule has 1 aliphatic heterocycles. The number of hydrogen-bond donors (Lipinski definition) is 1. The molecule has 0 aromatic rings. The van der Waals surface area contributed by atoms with Crippen molar-refractivity contribution >= 4 is 17.8 Å². The van der Waals surface area contributed by atoms with Gasteiger partial charge in [-0.1, -0.05) is 13.8 Å². The zero-order chi connectivity index (χ0) is 13.5. The first-order valence-corrected chi connectivity index (χ1v) is 6.38. The van der Waals surface area contributed by atoms with Crippen LogP contribution in [0.4, 0.5) is 0 Å². The monoisotopic (exact) mass is 253 g/mol. The van der Waals surface area contributed by atoms with Crippen molar-refractivity contribution in [1.82, 2.24) is 4.90 Å². The van der Waals surface area contributed by atoms with Crippen LogP contribution in [-0.4, -0.2) is 33.8 Å². The molecule has 1 aliphatic carbocycles. The van der Waals surface area contributed by atoms with Crippen LogP contribution in [0.25, 0.3) is 0 Å². The van der Waals surface area contributed by atoms with E-state index in [2.05, 4.69) is 0 Å². The maximum Gasteiger partial charge on any atom is 0.306 e. The van der Waals surface area contributed by atoms with Gasteiger partial charge in [0, 0.05) is 18.9 Å². The molecular formula is C13H19NO4. The number of amides is 2. The van der Waals surface area contributed by atoms with Gasteiger partial charge in [0.2, 0.25) is 11.8 Å². The number of carbonyl (C=O) groups is 3. The number of carboxylic acid groups (broad SMARTS) is 1. The van der Waals surface area contributed by atoms with Crippen LogP contribution >= 0.6 is 0 Å². The SMILES string of the molecule is CC1(C)CC(=O)N(C2CCC(C(=O)O)C2)C(=O)C1. The standard InChI is InChI=1S/C13H19NO4/c1-13(2)6-10(15)14(11(16)7-13)9-4-3-8(5-9)12(17)18/h8-9H,3-7H2,1-2H3,(H,17,18). The third-order valence-electron chi connectivity index (χ3n) is 3.92. The quantitative estimate of drug-likeness (QED) is 0.755. The maximum atomic E-state index is 12.0.